The third kappa shape index (κ3) is 10.3. The number of rotatable bonds is 12. The molecule has 1 rings (SSSR count). The minimum Gasteiger partial charge on any atom is -0.458 e. The van der Waals surface area contributed by atoms with Gasteiger partial charge in [-0.15, -0.1) is 0 Å². The number of nitrogens with zero attached hydrogens (tertiary/aromatic N) is 1. The summed E-state index contributed by atoms with van der Waals surface area (Å²) in [5.41, 5.74) is 9.71. The van der Waals surface area contributed by atoms with Crippen molar-refractivity contribution in [3.8, 4) is 0 Å². The van der Waals surface area contributed by atoms with Crippen LogP contribution >= 0.6 is 23.5 Å². The second-order valence-corrected chi connectivity index (χ2v) is 12.0. The number of amides is 3. The van der Waals surface area contributed by atoms with Gasteiger partial charge in [0.25, 0.3) is 0 Å². The Morgan fingerprint density at radius 2 is 1.36 bits per heavy atom. The minimum atomic E-state index is -1.31. The maximum atomic E-state index is 13.5. The Bertz CT molecular complexity index is 844. The molecule has 11 nitrogen and oxygen atoms in total. The van der Waals surface area contributed by atoms with Crippen molar-refractivity contribution in [1.29, 1.82) is 0 Å². The highest BCUT2D eigenvalue weighted by molar-refractivity contribution is 8.13. The summed E-state index contributed by atoms with van der Waals surface area (Å²) >= 11 is 1.72. The molecule has 1 aliphatic heterocycles. The van der Waals surface area contributed by atoms with Gasteiger partial charge in [-0.2, -0.15) is 0 Å². The number of nitrogens with two attached hydrogens (primary N) is 2. The first-order chi connectivity index (χ1) is 16.5. The molecule has 4 N–H and O–H groups in total. The molecule has 0 aromatic heterocycles. The lowest BCUT2D eigenvalue weighted by Gasteiger charge is -2.32. The van der Waals surface area contributed by atoms with Crippen molar-refractivity contribution in [3.63, 3.8) is 0 Å². The van der Waals surface area contributed by atoms with Crippen molar-refractivity contribution >= 4 is 63.2 Å². The zero-order valence-corrected chi connectivity index (χ0v) is 22.9. The van der Waals surface area contributed by atoms with E-state index in [1.54, 1.807) is 20.8 Å². The molecule has 1 saturated heterocycles. The summed E-state index contributed by atoms with van der Waals surface area (Å²) in [6, 6.07) is -1.31. The first-order valence-corrected chi connectivity index (χ1v) is 13.4. The Hall–Kier alpha value is -2.41. The summed E-state index contributed by atoms with van der Waals surface area (Å²) in [7, 11) is 0. The van der Waals surface area contributed by atoms with Gasteiger partial charge in [-0.25, -0.2) is 4.79 Å². The van der Waals surface area contributed by atoms with E-state index in [2.05, 4.69) is 0 Å². The second kappa shape index (κ2) is 13.8. The summed E-state index contributed by atoms with van der Waals surface area (Å²) < 4.78 is 5.51. The highest BCUT2D eigenvalue weighted by Crippen LogP contribution is 2.33. The Kier molecular flexibility index (Phi) is 12.1. The van der Waals surface area contributed by atoms with Crippen LogP contribution in [0.15, 0.2) is 0 Å². The van der Waals surface area contributed by atoms with Gasteiger partial charge in [-0.3, -0.25) is 28.8 Å². The lowest BCUT2D eigenvalue weighted by atomic mass is 9.86. The van der Waals surface area contributed by atoms with E-state index in [-0.39, 0.29) is 47.5 Å². The zero-order valence-electron chi connectivity index (χ0n) is 21.2. The van der Waals surface area contributed by atoms with E-state index in [0.29, 0.717) is 0 Å². The Labute approximate surface area is 219 Å². The lowest BCUT2D eigenvalue weighted by Crippen LogP contribution is -2.51. The maximum absolute atomic E-state index is 13.5. The third-order valence-corrected chi connectivity index (χ3v) is 7.27. The number of hydrogen-bond donors (Lipinski definition) is 2. The van der Waals surface area contributed by atoms with E-state index in [9.17, 15) is 33.6 Å². The molecular weight excluding hydrogens is 510 g/mol. The fourth-order valence-corrected chi connectivity index (χ4v) is 5.32. The topological polar surface area (TPSA) is 184 Å². The quantitative estimate of drug-likeness (QED) is 0.330. The molecule has 0 bridgehead atoms. The van der Waals surface area contributed by atoms with Crippen LogP contribution in [-0.2, 0) is 38.3 Å². The highest BCUT2D eigenvalue weighted by Gasteiger charge is 2.49. The molecule has 0 aromatic rings. The van der Waals surface area contributed by atoms with Gasteiger partial charge in [-0.1, -0.05) is 23.5 Å². The highest BCUT2D eigenvalue weighted by atomic mass is 32.2. The number of hydrogen-bond acceptors (Lipinski definition) is 10. The summed E-state index contributed by atoms with van der Waals surface area (Å²) in [5.74, 6) is -6.30. The molecule has 1 aliphatic rings. The zero-order chi connectivity index (χ0) is 27.8. The number of likely N-dealkylation sites (tertiary alicyclic amines) is 1. The molecule has 1 fully saturated rings. The van der Waals surface area contributed by atoms with Gasteiger partial charge in [-0.05, 0) is 27.2 Å². The first kappa shape index (κ1) is 31.6. The number of carbonyl (C=O) groups excluding carboxylic acids is 7. The number of ether oxygens (including phenoxy) is 1. The monoisotopic (exact) mass is 545 g/mol. The number of thioether (sulfide) groups is 2. The molecule has 0 aliphatic carbocycles. The average Bonchev–Trinajstić information content (AvgIpc) is 3.16. The molecule has 0 spiro atoms. The molecule has 4 atom stereocenters. The molecule has 13 heteroatoms. The SMILES string of the molecule is CC(=O)SCC(CC(N)=O)C(=O)C1CCN(C(=O)C(CSC(C)=O)CC(N)=O)[C@@H]1C(=O)OC(C)(C)C. The summed E-state index contributed by atoms with van der Waals surface area (Å²) in [4.78, 5) is 87.5. The van der Waals surface area contributed by atoms with Gasteiger partial charge in [0.1, 0.15) is 17.4 Å². The molecule has 0 saturated carbocycles. The maximum Gasteiger partial charge on any atom is 0.330 e. The van der Waals surface area contributed by atoms with Gasteiger partial charge in [0.15, 0.2) is 10.2 Å². The Morgan fingerprint density at radius 1 is 0.889 bits per heavy atom. The third-order valence-electron chi connectivity index (χ3n) is 5.32. The van der Waals surface area contributed by atoms with Crippen molar-refractivity contribution < 1.29 is 38.3 Å². The van der Waals surface area contributed by atoms with Gasteiger partial charge in [0, 0.05) is 50.7 Å². The summed E-state index contributed by atoms with van der Waals surface area (Å²) in [5, 5.41) is -0.505. The first-order valence-electron chi connectivity index (χ1n) is 11.4. The van der Waals surface area contributed by atoms with Gasteiger partial charge < -0.3 is 21.1 Å². The van der Waals surface area contributed by atoms with E-state index in [4.69, 9.17) is 16.2 Å². The molecule has 1 heterocycles. The molecule has 36 heavy (non-hydrogen) atoms. The predicted molar refractivity (Wildman–Crippen MR) is 135 cm³/mol. The van der Waals surface area contributed by atoms with Crippen molar-refractivity contribution in [2.24, 2.45) is 29.2 Å². The van der Waals surface area contributed by atoms with Crippen LogP contribution in [0.1, 0.15) is 53.9 Å². The molecule has 3 amide bonds. The smallest absolute Gasteiger partial charge is 0.330 e. The van der Waals surface area contributed by atoms with E-state index in [1.165, 1.54) is 18.7 Å². The van der Waals surface area contributed by atoms with E-state index in [1.807, 2.05) is 0 Å². The lowest BCUT2D eigenvalue weighted by molar-refractivity contribution is -0.166. The molecule has 3 unspecified atom stereocenters. The standard InChI is InChI=1S/C23H35N3O8S2/c1-12(27)35-10-14(8-17(24)29)20(31)16-6-7-26(19(16)22(33)34-23(3,4)5)21(32)15(9-18(25)30)11-36-13(2)28/h14-16,19H,6-11H2,1-5H3,(H2,24,29)(H2,25,30)/t14?,15?,16?,19-/m0/s1. The largest absolute Gasteiger partial charge is 0.458 e. The van der Waals surface area contributed by atoms with Crippen LogP contribution in [0, 0.1) is 17.8 Å². The van der Waals surface area contributed by atoms with Crippen LogP contribution in [0.2, 0.25) is 0 Å². The fourth-order valence-electron chi connectivity index (χ4n) is 3.91. The fraction of sp³-hybridized carbons (Fsp3) is 0.696. The minimum absolute atomic E-state index is 0.00213. The van der Waals surface area contributed by atoms with Crippen LogP contribution in [0.25, 0.3) is 0 Å². The van der Waals surface area contributed by atoms with Crippen LogP contribution < -0.4 is 11.5 Å². The van der Waals surface area contributed by atoms with E-state index >= 15 is 0 Å². The Balaban J connectivity index is 3.36. The second-order valence-electron chi connectivity index (χ2n) is 9.65. The Morgan fingerprint density at radius 3 is 1.81 bits per heavy atom. The van der Waals surface area contributed by atoms with Crippen molar-refractivity contribution in [3.05, 3.63) is 0 Å². The number of esters is 1. The predicted octanol–water partition coefficient (Wildman–Crippen LogP) is 0.657. The molecule has 202 valence electrons. The van der Waals surface area contributed by atoms with Crippen LogP contribution in [0.5, 0.6) is 0 Å². The molecular formula is C23H35N3O8S2. The van der Waals surface area contributed by atoms with Gasteiger partial charge >= 0.3 is 5.97 Å². The van der Waals surface area contributed by atoms with Crippen LogP contribution in [0.3, 0.4) is 0 Å². The van der Waals surface area contributed by atoms with Crippen molar-refractivity contribution in [1.82, 2.24) is 4.90 Å². The average molecular weight is 546 g/mol. The van der Waals surface area contributed by atoms with Crippen molar-refractivity contribution in [2.45, 2.75) is 65.5 Å². The van der Waals surface area contributed by atoms with Crippen LogP contribution in [-0.4, -0.2) is 74.3 Å². The normalized spacial score (nSPS) is 19.3. The van der Waals surface area contributed by atoms with Crippen LogP contribution in [0.4, 0.5) is 0 Å². The van der Waals surface area contributed by atoms with Gasteiger partial charge in [0.05, 0.1) is 11.8 Å². The van der Waals surface area contributed by atoms with E-state index < -0.39 is 58.9 Å². The number of Topliss-reactive ketones (excluding diaryl/α,β-unsaturated/α-hetero) is 1. The van der Waals surface area contributed by atoms with E-state index in [0.717, 1.165) is 23.5 Å². The summed E-state index contributed by atoms with van der Waals surface area (Å²) in [6.45, 7) is 7.59. The molecule has 0 radical (unpaired) electrons. The van der Waals surface area contributed by atoms with Crippen molar-refractivity contribution in [2.75, 3.05) is 18.1 Å². The number of primary amides is 2. The number of carbonyl (C=O) groups is 7. The molecule has 0 aromatic carbocycles. The summed E-state index contributed by atoms with van der Waals surface area (Å²) in [6.07, 6.45) is -0.545. The number of ketones is 1. The van der Waals surface area contributed by atoms with Gasteiger partial charge in [0.2, 0.25) is 17.7 Å².